The Balaban J connectivity index is -0.000000115. The van der Waals surface area contributed by atoms with Gasteiger partial charge in [-0.3, -0.25) is 0 Å². The van der Waals surface area contributed by atoms with Crippen LogP contribution in [0.4, 0.5) is 0 Å². The van der Waals surface area contributed by atoms with Gasteiger partial charge in [-0.1, -0.05) is 96.9 Å². The SMILES string of the molecule is CB1OC(C)(C)C(C)(C)O1.CC.CC.CC.CC.CC.CC.CC.CC1(C)OB(B2OC(C)(C)C(C)(C)O2)OC1(C)C. The quantitative estimate of drug-likeness (QED) is 0.277. The van der Waals surface area contributed by atoms with Crippen LogP contribution in [0.1, 0.15) is 180 Å². The van der Waals surface area contributed by atoms with Gasteiger partial charge < -0.3 is 27.9 Å². The molecule has 0 amide bonds. The molecule has 3 aliphatic heterocycles. The minimum absolute atomic E-state index is 0.0648. The zero-order valence-electron chi connectivity index (χ0n) is 34.2. The molecule has 3 heterocycles. The highest BCUT2D eigenvalue weighted by Gasteiger charge is 2.63. The lowest BCUT2D eigenvalue weighted by atomic mass is 9.49. The second-order valence-corrected chi connectivity index (χ2v) is 11.1. The Bertz CT molecular complexity index is 512. The summed E-state index contributed by atoms with van der Waals surface area (Å²) < 4.78 is 34.9. The van der Waals surface area contributed by atoms with E-state index in [0.717, 1.165) is 0 Å². The Kier molecular flexibility index (Phi) is 32.6. The smallest absolute Gasteiger partial charge is 0.405 e. The molecule has 0 bridgehead atoms. The van der Waals surface area contributed by atoms with Crippen molar-refractivity contribution < 1.29 is 27.9 Å². The highest BCUT2D eigenvalue weighted by atomic mass is 16.7. The molecule has 6 nitrogen and oxygen atoms in total. The molecule has 42 heavy (non-hydrogen) atoms. The van der Waals surface area contributed by atoms with Gasteiger partial charge in [0.1, 0.15) is 0 Å². The highest BCUT2D eigenvalue weighted by Crippen LogP contribution is 2.43. The van der Waals surface area contributed by atoms with E-state index in [2.05, 4.69) is 27.7 Å². The summed E-state index contributed by atoms with van der Waals surface area (Å²) in [6.45, 7) is 54.3. The first-order valence-corrected chi connectivity index (χ1v) is 17.3. The Hall–Kier alpha value is -0.0452. The van der Waals surface area contributed by atoms with Crippen LogP contribution in [0.2, 0.25) is 6.82 Å². The molecule has 0 radical (unpaired) electrons. The molecular formula is C33H81B3O6. The van der Waals surface area contributed by atoms with Crippen molar-refractivity contribution >= 4 is 21.1 Å². The van der Waals surface area contributed by atoms with Crippen molar-refractivity contribution in [2.24, 2.45) is 0 Å². The van der Waals surface area contributed by atoms with Crippen LogP contribution in [0.25, 0.3) is 0 Å². The van der Waals surface area contributed by atoms with E-state index in [1.807, 2.05) is 159 Å². The fourth-order valence-corrected chi connectivity index (χ4v) is 3.14. The van der Waals surface area contributed by atoms with Gasteiger partial charge in [0.15, 0.2) is 0 Å². The second kappa shape index (κ2) is 25.2. The lowest BCUT2D eigenvalue weighted by Gasteiger charge is -2.32. The monoisotopic (exact) mass is 607 g/mol. The Labute approximate surface area is 269 Å². The van der Waals surface area contributed by atoms with Crippen molar-refractivity contribution in [3.8, 4) is 0 Å². The van der Waals surface area contributed by atoms with E-state index in [9.17, 15) is 0 Å². The molecule has 0 aromatic carbocycles. The Morgan fingerprint density at radius 1 is 0.262 bits per heavy atom. The van der Waals surface area contributed by atoms with Crippen LogP contribution in [-0.4, -0.2) is 54.7 Å². The standard InChI is InChI=1S/C12H24B2O4.C7H15BO2.7C2H6/c1-9(2)10(3,4)16-13(15-9)14-17-11(5,6)12(7,8)18-14;1-6(2)7(3,4)10-8(5)9-6;7*1-2/h1-8H3;1-5H3;7*1-2H3. The second-order valence-electron chi connectivity index (χ2n) is 11.1. The van der Waals surface area contributed by atoms with E-state index < -0.39 is 14.0 Å². The van der Waals surface area contributed by atoms with Crippen molar-refractivity contribution in [2.45, 2.75) is 220 Å². The average Bonchev–Trinajstić information content (AvgIpc) is 3.40. The van der Waals surface area contributed by atoms with Crippen molar-refractivity contribution in [1.29, 1.82) is 0 Å². The zero-order chi connectivity index (χ0) is 36.0. The van der Waals surface area contributed by atoms with Crippen molar-refractivity contribution in [3.05, 3.63) is 0 Å². The van der Waals surface area contributed by atoms with Crippen LogP contribution >= 0.6 is 0 Å². The molecule has 9 heteroatoms. The molecular weight excluding hydrogens is 525 g/mol. The molecule has 0 saturated carbocycles. The number of hydrogen-bond acceptors (Lipinski definition) is 6. The van der Waals surface area contributed by atoms with Gasteiger partial charge in [0.05, 0.1) is 33.6 Å². The molecule has 3 rings (SSSR count). The molecule has 0 atom stereocenters. The molecule has 3 aliphatic rings. The maximum Gasteiger partial charge on any atom is 0.488 e. The van der Waals surface area contributed by atoms with Gasteiger partial charge in [-0.15, -0.1) is 0 Å². The molecule has 3 saturated heterocycles. The number of hydrogen-bond donors (Lipinski definition) is 0. The van der Waals surface area contributed by atoms with Crippen molar-refractivity contribution in [3.63, 3.8) is 0 Å². The zero-order valence-corrected chi connectivity index (χ0v) is 34.2. The molecule has 0 aromatic rings. The third-order valence-electron chi connectivity index (χ3n) is 7.14. The summed E-state index contributed by atoms with van der Waals surface area (Å²) >= 11 is 0. The largest absolute Gasteiger partial charge is 0.488 e. The molecule has 0 aromatic heterocycles. The maximum absolute atomic E-state index is 5.96. The predicted octanol–water partition coefficient (Wildman–Crippen LogP) is 11.1. The van der Waals surface area contributed by atoms with Gasteiger partial charge >= 0.3 is 21.1 Å². The van der Waals surface area contributed by atoms with E-state index in [-0.39, 0.29) is 40.7 Å². The van der Waals surface area contributed by atoms with Crippen LogP contribution < -0.4 is 0 Å². The van der Waals surface area contributed by atoms with Crippen LogP contribution in [0.5, 0.6) is 0 Å². The van der Waals surface area contributed by atoms with E-state index in [1.54, 1.807) is 0 Å². The third kappa shape index (κ3) is 16.3. The summed E-state index contributed by atoms with van der Waals surface area (Å²) in [7, 11) is -1.02. The lowest BCUT2D eigenvalue weighted by molar-refractivity contribution is 0.00578. The minimum atomic E-state index is -0.476. The average molecular weight is 606 g/mol. The van der Waals surface area contributed by atoms with Gasteiger partial charge in [0, 0.05) is 0 Å². The van der Waals surface area contributed by atoms with E-state index in [0.29, 0.717) is 0 Å². The summed E-state index contributed by atoms with van der Waals surface area (Å²) in [4.78, 5) is 0. The predicted molar refractivity (Wildman–Crippen MR) is 194 cm³/mol. The topological polar surface area (TPSA) is 55.4 Å². The Morgan fingerprint density at radius 3 is 0.476 bits per heavy atom. The summed E-state index contributed by atoms with van der Waals surface area (Å²) in [5.74, 6) is 0. The van der Waals surface area contributed by atoms with E-state index in [4.69, 9.17) is 27.9 Å². The lowest BCUT2D eigenvalue weighted by Crippen LogP contribution is -2.41. The molecule has 0 N–H and O–H groups in total. The highest BCUT2D eigenvalue weighted by molar-refractivity contribution is 7.11. The normalized spacial score (nSPS) is 21.6. The van der Waals surface area contributed by atoms with E-state index in [1.165, 1.54) is 0 Å². The first kappa shape index (κ1) is 54.4. The van der Waals surface area contributed by atoms with Gasteiger partial charge in [-0.25, -0.2) is 0 Å². The molecule has 0 unspecified atom stereocenters. The van der Waals surface area contributed by atoms with Crippen LogP contribution in [0.15, 0.2) is 0 Å². The van der Waals surface area contributed by atoms with Crippen molar-refractivity contribution in [2.75, 3.05) is 0 Å². The minimum Gasteiger partial charge on any atom is -0.405 e. The number of rotatable bonds is 1. The van der Waals surface area contributed by atoms with Gasteiger partial charge in [0.2, 0.25) is 0 Å². The fourth-order valence-electron chi connectivity index (χ4n) is 3.14. The summed E-state index contributed by atoms with van der Waals surface area (Å²) in [5, 5.41) is 0. The molecule has 258 valence electrons. The van der Waals surface area contributed by atoms with Gasteiger partial charge in [-0.2, -0.15) is 0 Å². The first-order chi connectivity index (χ1) is 19.2. The first-order valence-electron chi connectivity index (χ1n) is 17.3. The summed E-state index contributed by atoms with van der Waals surface area (Å²) in [6, 6.07) is 0. The Morgan fingerprint density at radius 2 is 0.381 bits per heavy atom. The third-order valence-corrected chi connectivity index (χ3v) is 7.14. The fraction of sp³-hybridized carbons (Fsp3) is 1.00. The van der Waals surface area contributed by atoms with Crippen LogP contribution in [0.3, 0.4) is 0 Å². The van der Waals surface area contributed by atoms with Crippen molar-refractivity contribution in [1.82, 2.24) is 0 Å². The molecule has 0 aliphatic carbocycles. The summed E-state index contributed by atoms with van der Waals surface area (Å²) in [6.07, 6.45) is 0. The van der Waals surface area contributed by atoms with E-state index >= 15 is 0 Å². The van der Waals surface area contributed by atoms with Crippen LogP contribution in [-0.2, 0) is 27.9 Å². The van der Waals surface area contributed by atoms with Gasteiger partial charge in [-0.05, 0) is 89.9 Å². The maximum atomic E-state index is 5.96. The molecule has 0 spiro atoms. The van der Waals surface area contributed by atoms with Crippen LogP contribution in [0, 0.1) is 0 Å². The van der Waals surface area contributed by atoms with Gasteiger partial charge in [0.25, 0.3) is 0 Å². The summed E-state index contributed by atoms with van der Waals surface area (Å²) in [5.41, 5.74) is -1.76. The molecule has 3 fully saturated rings.